The van der Waals surface area contributed by atoms with Crippen LogP contribution in [0.15, 0.2) is 41.8 Å². The summed E-state index contributed by atoms with van der Waals surface area (Å²) >= 11 is 1.41. The van der Waals surface area contributed by atoms with Gasteiger partial charge in [-0.05, 0) is 41.3 Å². The molecule has 21 heavy (non-hydrogen) atoms. The van der Waals surface area contributed by atoms with Crippen molar-refractivity contribution in [1.82, 2.24) is 5.32 Å². The first-order valence-electron chi connectivity index (χ1n) is 6.07. The van der Waals surface area contributed by atoms with Gasteiger partial charge in [-0.1, -0.05) is 6.07 Å². The van der Waals surface area contributed by atoms with Crippen LogP contribution >= 0.6 is 11.3 Å². The second-order valence-electron chi connectivity index (χ2n) is 4.21. The van der Waals surface area contributed by atoms with Crippen molar-refractivity contribution in [2.24, 2.45) is 0 Å². The van der Waals surface area contributed by atoms with Gasteiger partial charge in [0.25, 0.3) is 5.91 Å². The lowest BCUT2D eigenvalue weighted by Gasteiger charge is -2.03. The number of carbonyl (C=O) groups is 2. The molecule has 2 N–H and O–H groups in total. The highest BCUT2D eigenvalue weighted by Gasteiger charge is 2.06. The third kappa shape index (κ3) is 4.54. The fourth-order valence-corrected chi connectivity index (χ4v) is 2.44. The first-order valence-corrected chi connectivity index (χ1v) is 6.95. The molecule has 0 atom stereocenters. The fourth-order valence-electron chi connectivity index (χ4n) is 1.64. The van der Waals surface area contributed by atoms with E-state index in [1.807, 2.05) is 0 Å². The van der Waals surface area contributed by atoms with E-state index in [4.69, 9.17) is 5.11 Å². The van der Waals surface area contributed by atoms with E-state index >= 15 is 0 Å². The monoisotopic (exact) mass is 305 g/mol. The van der Waals surface area contributed by atoms with Crippen LogP contribution in [-0.4, -0.2) is 17.0 Å². The molecule has 4 nitrogen and oxygen atoms in total. The molecular formula is C15H12FNO3S. The van der Waals surface area contributed by atoms with E-state index in [-0.39, 0.29) is 11.5 Å². The van der Waals surface area contributed by atoms with Gasteiger partial charge in [-0.3, -0.25) is 4.79 Å². The minimum atomic E-state index is -1.01. The zero-order valence-corrected chi connectivity index (χ0v) is 11.7. The lowest BCUT2D eigenvalue weighted by atomic mass is 10.2. The van der Waals surface area contributed by atoms with Crippen molar-refractivity contribution in [1.29, 1.82) is 0 Å². The van der Waals surface area contributed by atoms with Crippen molar-refractivity contribution in [3.8, 4) is 0 Å². The predicted octanol–water partition coefficient (Wildman–Crippen LogP) is 2.92. The maximum absolute atomic E-state index is 13.0. The van der Waals surface area contributed by atoms with Crippen molar-refractivity contribution in [3.63, 3.8) is 0 Å². The number of benzene rings is 1. The second-order valence-corrected chi connectivity index (χ2v) is 5.21. The molecule has 2 rings (SSSR count). The number of carbonyl (C=O) groups excluding carboxylic acids is 1. The van der Waals surface area contributed by atoms with Crippen LogP contribution in [0.5, 0.6) is 0 Å². The molecule has 6 heteroatoms. The molecule has 2 aromatic rings. The topological polar surface area (TPSA) is 66.4 Å². The van der Waals surface area contributed by atoms with Gasteiger partial charge in [0, 0.05) is 16.5 Å². The summed E-state index contributed by atoms with van der Waals surface area (Å²) in [5.41, 5.74) is 1.02. The molecule has 1 heterocycles. The summed E-state index contributed by atoms with van der Waals surface area (Å²) in [5.74, 6) is -1.83. The minimum Gasteiger partial charge on any atom is -0.478 e. The molecule has 0 saturated carbocycles. The standard InChI is InChI=1S/C15H12FNO3S/c16-12-3-1-2-11(7-12)15(20)17-8-13-6-10(9-21-13)4-5-14(18)19/h1-7,9H,8H2,(H,17,20)(H,18,19). The Labute approximate surface area is 124 Å². The summed E-state index contributed by atoms with van der Waals surface area (Å²) in [6.45, 7) is 0.306. The smallest absolute Gasteiger partial charge is 0.328 e. The van der Waals surface area contributed by atoms with E-state index in [0.29, 0.717) is 6.54 Å². The average Bonchev–Trinajstić information content (AvgIpc) is 2.90. The number of rotatable bonds is 5. The Hall–Kier alpha value is -2.47. The van der Waals surface area contributed by atoms with Crippen LogP contribution in [-0.2, 0) is 11.3 Å². The van der Waals surface area contributed by atoms with Crippen molar-refractivity contribution < 1.29 is 19.1 Å². The van der Waals surface area contributed by atoms with Gasteiger partial charge in [-0.25, -0.2) is 9.18 Å². The molecule has 0 aliphatic rings. The SMILES string of the molecule is O=C(O)C=Cc1csc(CNC(=O)c2cccc(F)c2)c1. The number of hydrogen-bond acceptors (Lipinski definition) is 3. The van der Waals surface area contributed by atoms with Gasteiger partial charge in [0.05, 0.1) is 6.54 Å². The molecule has 0 saturated heterocycles. The quantitative estimate of drug-likeness (QED) is 0.835. The van der Waals surface area contributed by atoms with E-state index in [9.17, 15) is 14.0 Å². The van der Waals surface area contributed by atoms with Gasteiger partial charge >= 0.3 is 5.97 Å². The van der Waals surface area contributed by atoms with Gasteiger partial charge in [0.1, 0.15) is 5.82 Å². The highest BCUT2D eigenvalue weighted by atomic mass is 32.1. The first kappa shape index (κ1) is 14.9. The molecule has 1 amide bonds. The van der Waals surface area contributed by atoms with Gasteiger partial charge in [0.15, 0.2) is 0 Å². The lowest BCUT2D eigenvalue weighted by Crippen LogP contribution is -2.22. The molecular weight excluding hydrogens is 293 g/mol. The normalized spacial score (nSPS) is 10.7. The fraction of sp³-hybridized carbons (Fsp3) is 0.0667. The Kier molecular flexibility index (Phi) is 4.84. The summed E-state index contributed by atoms with van der Waals surface area (Å²) in [6.07, 6.45) is 2.54. The van der Waals surface area contributed by atoms with Crippen molar-refractivity contribution in [2.75, 3.05) is 0 Å². The number of nitrogens with one attached hydrogen (secondary N) is 1. The third-order valence-electron chi connectivity index (χ3n) is 2.60. The molecule has 1 aromatic carbocycles. The molecule has 0 unspecified atom stereocenters. The summed E-state index contributed by atoms with van der Waals surface area (Å²) in [4.78, 5) is 23.1. The number of thiophene rings is 1. The van der Waals surface area contributed by atoms with Gasteiger partial charge in [-0.2, -0.15) is 0 Å². The van der Waals surface area contributed by atoms with Crippen LogP contribution in [0, 0.1) is 5.82 Å². The second kappa shape index (κ2) is 6.81. The van der Waals surface area contributed by atoms with Crippen LogP contribution < -0.4 is 5.32 Å². The first-order chi connectivity index (χ1) is 10.0. The molecule has 108 valence electrons. The molecule has 0 radical (unpaired) electrons. The molecule has 0 fully saturated rings. The van der Waals surface area contributed by atoms with E-state index in [0.717, 1.165) is 16.5 Å². The average molecular weight is 305 g/mol. The Morgan fingerprint density at radius 3 is 2.86 bits per heavy atom. The Morgan fingerprint density at radius 1 is 1.33 bits per heavy atom. The summed E-state index contributed by atoms with van der Waals surface area (Å²) in [7, 11) is 0. The van der Waals surface area contributed by atoms with E-state index in [1.165, 1.54) is 41.7 Å². The number of carboxylic acid groups (broad SMARTS) is 1. The number of carboxylic acids is 1. The number of hydrogen-bond donors (Lipinski definition) is 2. The Balaban J connectivity index is 1.94. The van der Waals surface area contributed by atoms with Crippen LogP contribution in [0.4, 0.5) is 4.39 Å². The van der Waals surface area contributed by atoms with Crippen molar-refractivity contribution >= 4 is 29.3 Å². The third-order valence-corrected chi connectivity index (χ3v) is 3.56. The zero-order valence-electron chi connectivity index (χ0n) is 10.9. The van der Waals surface area contributed by atoms with E-state index < -0.39 is 11.8 Å². The maximum Gasteiger partial charge on any atom is 0.328 e. The van der Waals surface area contributed by atoms with Gasteiger partial charge < -0.3 is 10.4 Å². The Bertz CT molecular complexity index is 694. The minimum absolute atomic E-state index is 0.262. The van der Waals surface area contributed by atoms with Crippen LogP contribution in [0.25, 0.3) is 6.08 Å². The molecule has 0 aliphatic heterocycles. The van der Waals surface area contributed by atoms with Crippen LogP contribution in [0.2, 0.25) is 0 Å². The van der Waals surface area contributed by atoms with Crippen molar-refractivity contribution in [3.05, 3.63) is 63.6 Å². The number of aliphatic carboxylic acids is 1. The number of amides is 1. The van der Waals surface area contributed by atoms with Crippen LogP contribution in [0.1, 0.15) is 20.8 Å². The summed E-state index contributed by atoms with van der Waals surface area (Å²) in [6, 6.07) is 7.25. The highest BCUT2D eigenvalue weighted by Crippen LogP contribution is 2.16. The van der Waals surface area contributed by atoms with E-state index in [1.54, 1.807) is 11.4 Å². The predicted molar refractivity (Wildman–Crippen MR) is 78.6 cm³/mol. The highest BCUT2D eigenvalue weighted by molar-refractivity contribution is 7.10. The zero-order chi connectivity index (χ0) is 15.2. The maximum atomic E-state index is 13.0. The largest absolute Gasteiger partial charge is 0.478 e. The Morgan fingerprint density at radius 2 is 2.14 bits per heavy atom. The van der Waals surface area contributed by atoms with Crippen molar-refractivity contribution in [2.45, 2.75) is 6.54 Å². The molecule has 1 aromatic heterocycles. The lowest BCUT2D eigenvalue weighted by molar-refractivity contribution is -0.131. The summed E-state index contributed by atoms with van der Waals surface area (Å²) in [5, 5.41) is 13.0. The molecule has 0 aliphatic carbocycles. The number of halogens is 1. The molecule has 0 spiro atoms. The van der Waals surface area contributed by atoms with E-state index in [2.05, 4.69) is 5.32 Å². The van der Waals surface area contributed by atoms with Gasteiger partial charge in [-0.15, -0.1) is 11.3 Å². The summed E-state index contributed by atoms with van der Waals surface area (Å²) < 4.78 is 13.0. The van der Waals surface area contributed by atoms with Crippen LogP contribution in [0.3, 0.4) is 0 Å². The van der Waals surface area contributed by atoms with Gasteiger partial charge in [0.2, 0.25) is 0 Å². The molecule has 0 bridgehead atoms.